The lowest BCUT2D eigenvalue weighted by Crippen LogP contribution is -2.35. The van der Waals surface area contributed by atoms with Crippen molar-refractivity contribution in [1.29, 1.82) is 0 Å². The van der Waals surface area contributed by atoms with Crippen molar-refractivity contribution < 1.29 is 4.79 Å². The summed E-state index contributed by atoms with van der Waals surface area (Å²) in [7, 11) is 0. The number of aromatic nitrogens is 2. The normalized spacial score (nSPS) is 15.7. The minimum atomic E-state index is 0.0772. The summed E-state index contributed by atoms with van der Waals surface area (Å²) in [5, 5.41) is 1.06. The molecule has 0 aliphatic carbocycles. The smallest absolute Gasteiger partial charge is 0.255 e. The van der Waals surface area contributed by atoms with Gasteiger partial charge in [0.05, 0.1) is 5.56 Å². The van der Waals surface area contributed by atoms with E-state index in [9.17, 15) is 4.79 Å². The number of carbonyl (C=O) groups is 1. The van der Waals surface area contributed by atoms with E-state index in [1.54, 1.807) is 23.7 Å². The van der Waals surface area contributed by atoms with Gasteiger partial charge in [0.2, 0.25) is 0 Å². The summed E-state index contributed by atoms with van der Waals surface area (Å²) in [6, 6.07) is 1.90. The summed E-state index contributed by atoms with van der Waals surface area (Å²) >= 11 is 1.71. The molecule has 0 aromatic carbocycles. The average molecular weight is 316 g/mol. The van der Waals surface area contributed by atoms with Crippen LogP contribution in [0.15, 0.2) is 24.7 Å². The second-order valence-corrected chi connectivity index (χ2v) is 6.85. The van der Waals surface area contributed by atoms with Gasteiger partial charge in [-0.15, -0.1) is 11.3 Å². The van der Waals surface area contributed by atoms with Crippen LogP contribution in [0.5, 0.6) is 0 Å². The number of rotatable bonds is 2. The maximum absolute atomic E-state index is 12.6. The standard InChI is InChI=1S/C16H20N4OS/c1-12-8-14(11-17-9-12)15(21)19-4-3-5-20(7-6-19)16-18-10-13(2)22-16/h8-11H,3-7H2,1-2H3. The fraction of sp³-hybridized carbons (Fsp3) is 0.438. The molecule has 22 heavy (non-hydrogen) atoms. The van der Waals surface area contributed by atoms with Crippen molar-refractivity contribution in [3.05, 3.63) is 40.7 Å². The number of carbonyl (C=O) groups excluding carboxylic acids is 1. The molecule has 0 unspecified atom stereocenters. The average Bonchev–Trinajstić information content (AvgIpc) is 2.80. The van der Waals surface area contributed by atoms with E-state index in [0.29, 0.717) is 5.56 Å². The number of nitrogens with zero attached hydrogens (tertiary/aromatic N) is 4. The lowest BCUT2D eigenvalue weighted by molar-refractivity contribution is 0.0766. The fourth-order valence-electron chi connectivity index (χ4n) is 2.66. The molecule has 116 valence electrons. The number of amides is 1. The van der Waals surface area contributed by atoms with Crippen molar-refractivity contribution in [1.82, 2.24) is 14.9 Å². The fourth-order valence-corrected chi connectivity index (χ4v) is 3.47. The van der Waals surface area contributed by atoms with E-state index in [0.717, 1.165) is 43.3 Å². The maximum atomic E-state index is 12.6. The third-order valence-corrected chi connectivity index (χ3v) is 4.76. The second kappa shape index (κ2) is 6.44. The highest BCUT2D eigenvalue weighted by molar-refractivity contribution is 7.15. The molecule has 0 saturated carbocycles. The lowest BCUT2D eigenvalue weighted by Gasteiger charge is -2.21. The number of aryl methyl sites for hydroxylation is 2. The Morgan fingerprint density at radius 1 is 1.14 bits per heavy atom. The Morgan fingerprint density at radius 3 is 2.73 bits per heavy atom. The van der Waals surface area contributed by atoms with Crippen LogP contribution in [0, 0.1) is 13.8 Å². The molecule has 1 aliphatic heterocycles. The molecule has 1 aliphatic rings. The summed E-state index contributed by atoms with van der Waals surface area (Å²) in [4.78, 5) is 26.6. The van der Waals surface area contributed by atoms with Gasteiger partial charge >= 0.3 is 0 Å². The molecule has 0 radical (unpaired) electrons. The van der Waals surface area contributed by atoms with Gasteiger partial charge in [0.1, 0.15) is 0 Å². The highest BCUT2D eigenvalue weighted by Crippen LogP contribution is 2.23. The predicted molar refractivity (Wildman–Crippen MR) is 88.6 cm³/mol. The van der Waals surface area contributed by atoms with Crippen LogP contribution in [-0.4, -0.2) is 47.0 Å². The van der Waals surface area contributed by atoms with Crippen molar-refractivity contribution >= 4 is 22.4 Å². The van der Waals surface area contributed by atoms with E-state index in [2.05, 4.69) is 21.8 Å². The van der Waals surface area contributed by atoms with Crippen LogP contribution in [0.25, 0.3) is 0 Å². The van der Waals surface area contributed by atoms with E-state index < -0.39 is 0 Å². The van der Waals surface area contributed by atoms with Crippen LogP contribution in [0.4, 0.5) is 5.13 Å². The molecule has 3 heterocycles. The van der Waals surface area contributed by atoms with Gasteiger partial charge in [-0.3, -0.25) is 9.78 Å². The predicted octanol–water partition coefficient (Wildman–Crippen LogP) is 2.51. The lowest BCUT2D eigenvalue weighted by atomic mass is 10.2. The Balaban J connectivity index is 1.68. The van der Waals surface area contributed by atoms with Gasteiger partial charge < -0.3 is 9.80 Å². The summed E-state index contributed by atoms with van der Waals surface area (Å²) in [5.74, 6) is 0.0772. The van der Waals surface area contributed by atoms with E-state index in [1.165, 1.54) is 4.88 Å². The Labute approximate surface area is 134 Å². The number of anilines is 1. The van der Waals surface area contributed by atoms with Crippen molar-refractivity contribution in [3.8, 4) is 0 Å². The molecule has 0 bridgehead atoms. The van der Waals surface area contributed by atoms with Gasteiger partial charge in [0.25, 0.3) is 5.91 Å². The minimum Gasteiger partial charge on any atom is -0.346 e. The van der Waals surface area contributed by atoms with Gasteiger partial charge in [-0.1, -0.05) is 0 Å². The summed E-state index contributed by atoms with van der Waals surface area (Å²) in [5.41, 5.74) is 1.69. The monoisotopic (exact) mass is 316 g/mol. The molecule has 0 spiro atoms. The number of pyridine rings is 1. The largest absolute Gasteiger partial charge is 0.346 e. The van der Waals surface area contributed by atoms with Crippen LogP contribution in [0.2, 0.25) is 0 Å². The Morgan fingerprint density at radius 2 is 2.00 bits per heavy atom. The Hall–Kier alpha value is -1.95. The first-order valence-corrected chi connectivity index (χ1v) is 8.33. The zero-order valence-corrected chi connectivity index (χ0v) is 13.8. The first-order valence-electron chi connectivity index (χ1n) is 7.52. The molecule has 0 atom stereocenters. The van der Waals surface area contributed by atoms with E-state index in [4.69, 9.17) is 0 Å². The highest BCUT2D eigenvalue weighted by Gasteiger charge is 2.21. The van der Waals surface area contributed by atoms with Gasteiger partial charge in [0, 0.05) is 49.6 Å². The molecule has 2 aromatic heterocycles. The number of hydrogen-bond acceptors (Lipinski definition) is 5. The van der Waals surface area contributed by atoms with Crippen molar-refractivity contribution in [2.75, 3.05) is 31.1 Å². The molecule has 0 N–H and O–H groups in total. The summed E-state index contributed by atoms with van der Waals surface area (Å²) in [6.45, 7) is 7.32. The van der Waals surface area contributed by atoms with Gasteiger partial charge in [0.15, 0.2) is 5.13 Å². The quantitative estimate of drug-likeness (QED) is 0.854. The van der Waals surface area contributed by atoms with Crippen LogP contribution in [0.1, 0.15) is 27.2 Å². The van der Waals surface area contributed by atoms with E-state index >= 15 is 0 Å². The molecule has 1 fully saturated rings. The second-order valence-electron chi connectivity index (χ2n) is 5.64. The van der Waals surface area contributed by atoms with Crippen LogP contribution in [-0.2, 0) is 0 Å². The van der Waals surface area contributed by atoms with Gasteiger partial charge in [-0.25, -0.2) is 4.98 Å². The number of hydrogen-bond donors (Lipinski definition) is 0. The zero-order chi connectivity index (χ0) is 15.5. The summed E-state index contributed by atoms with van der Waals surface area (Å²) in [6.07, 6.45) is 6.30. The molecule has 5 nitrogen and oxygen atoms in total. The van der Waals surface area contributed by atoms with Crippen LogP contribution in [0.3, 0.4) is 0 Å². The van der Waals surface area contributed by atoms with Crippen LogP contribution < -0.4 is 4.90 Å². The molecular weight excluding hydrogens is 296 g/mol. The Bertz CT molecular complexity index is 670. The number of thiazole rings is 1. The highest BCUT2D eigenvalue weighted by atomic mass is 32.1. The van der Waals surface area contributed by atoms with Crippen molar-refractivity contribution in [2.24, 2.45) is 0 Å². The molecule has 1 amide bonds. The zero-order valence-electron chi connectivity index (χ0n) is 13.0. The van der Waals surface area contributed by atoms with Crippen LogP contribution >= 0.6 is 11.3 Å². The first-order chi connectivity index (χ1) is 10.6. The third kappa shape index (κ3) is 3.27. The molecular formula is C16H20N4OS. The molecule has 2 aromatic rings. The van der Waals surface area contributed by atoms with Crippen molar-refractivity contribution in [3.63, 3.8) is 0 Å². The third-order valence-electron chi connectivity index (χ3n) is 3.78. The minimum absolute atomic E-state index is 0.0772. The van der Waals surface area contributed by atoms with Gasteiger partial charge in [-0.05, 0) is 31.9 Å². The Kier molecular flexibility index (Phi) is 4.38. The van der Waals surface area contributed by atoms with Gasteiger partial charge in [-0.2, -0.15) is 0 Å². The molecule has 1 saturated heterocycles. The van der Waals surface area contributed by atoms with E-state index in [-0.39, 0.29) is 5.91 Å². The van der Waals surface area contributed by atoms with E-state index in [1.807, 2.05) is 24.1 Å². The first kappa shape index (κ1) is 15.0. The molecule has 6 heteroatoms. The molecule has 3 rings (SSSR count). The van der Waals surface area contributed by atoms with Crippen molar-refractivity contribution in [2.45, 2.75) is 20.3 Å². The SMILES string of the molecule is Cc1cncc(C(=O)N2CCCN(c3ncc(C)s3)CC2)c1. The topological polar surface area (TPSA) is 49.3 Å². The summed E-state index contributed by atoms with van der Waals surface area (Å²) < 4.78 is 0. The maximum Gasteiger partial charge on any atom is 0.255 e.